The van der Waals surface area contributed by atoms with Crippen LogP contribution in [0, 0.1) is 6.92 Å². The summed E-state index contributed by atoms with van der Waals surface area (Å²) < 4.78 is 6.32. The van der Waals surface area contributed by atoms with Gasteiger partial charge in [0.15, 0.2) is 0 Å². The van der Waals surface area contributed by atoms with Crippen molar-refractivity contribution >= 4 is 5.97 Å². The fourth-order valence-corrected chi connectivity index (χ4v) is 4.25. The molecule has 1 heterocycles. The SMILES string of the molecule is Cc1cccc(-c2cccc(C3Cc4ccc(-c5ccccc5C(=O)O)cc4O3)c2)c1. The lowest BCUT2D eigenvalue weighted by Crippen LogP contribution is -2.03. The first-order chi connectivity index (χ1) is 15.1. The highest BCUT2D eigenvalue weighted by Gasteiger charge is 2.25. The minimum atomic E-state index is -0.928. The molecule has 31 heavy (non-hydrogen) atoms. The molecule has 3 nitrogen and oxygen atoms in total. The van der Waals surface area contributed by atoms with E-state index in [1.165, 1.54) is 16.7 Å². The molecule has 0 aromatic heterocycles. The molecule has 1 aliphatic heterocycles. The summed E-state index contributed by atoms with van der Waals surface area (Å²) in [5, 5.41) is 9.52. The van der Waals surface area contributed by atoms with Gasteiger partial charge in [-0.05, 0) is 58.5 Å². The van der Waals surface area contributed by atoms with Crippen LogP contribution in [0.1, 0.15) is 33.2 Å². The Labute approximate surface area is 181 Å². The Morgan fingerprint density at radius 1 is 0.839 bits per heavy atom. The molecular formula is C28H22O3. The molecule has 0 radical (unpaired) electrons. The third-order valence-electron chi connectivity index (χ3n) is 5.82. The first-order valence-corrected chi connectivity index (χ1v) is 10.4. The Morgan fingerprint density at radius 3 is 2.42 bits per heavy atom. The second kappa shape index (κ2) is 7.77. The average Bonchev–Trinajstić information content (AvgIpc) is 3.23. The molecule has 152 valence electrons. The molecule has 0 saturated carbocycles. The summed E-state index contributed by atoms with van der Waals surface area (Å²) in [5.41, 5.74) is 7.74. The van der Waals surface area contributed by atoms with Crippen LogP contribution >= 0.6 is 0 Å². The third-order valence-corrected chi connectivity index (χ3v) is 5.82. The molecule has 0 saturated heterocycles. The molecular weight excluding hydrogens is 384 g/mol. The highest BCUT2D eigenvalue weighted by Crippen LogP contribution is 2.40. The number of hydrogen-bond acceptors (Lipinski definition) is 2. The van der Waals surface area contributed by atoms with Crippen molar-refractivity contribution in [3.8, 4) is 28.0 Å². The van der Waals surface area contributed by atoms with Gasteiger partial charge in [0, 0.05) is 6.42 Å². The molecule has 0 bridgehead atoms. The normalized spacial score (nSPS) is 14.7. The summed E-state index contributed by atoms with van der Waals surface area (Å²) in [6, 6.07) is 30.1. The molecule has 1 N–H and O–H groups in total. The van der Waals surface area contributed by atoms with Crippen molar-refractivity contribution in [3.63, 3.8) is 0 Å². The molecule has 1 aliphatic rings. The fraction of sp³-hybridized carbons (Fsp3) is 0.107. The Morgan fingerprint density at radius 2 is 1.61 bits per heavy atom. The monoisotopic (exact) mass is 406 g/mol. The van der Waals surface area contributed by atoms with Crippen LogP contribution in [0.3, 0.4) is 0 Å². The van der Waals surface area contributed by atoms with E-state index in [0.29, 0.717) is 11.1 Å². The molecule has 0 aliphatic carbocycles. The largest absolute Gasteiger partial charge is 0.485 e. The fourth-order valence-electron chi connectivity index (χ4n) is 4.25. The maximum Gasteiger partial charge on any atom is 0.336 e. The number of benzene rings is 4. The lowest BCUT2D eigenvalue weighted by Gasteiger charge is -2.13. The van der Waals surface area contributed by atoms with E-state index in [1.54, 1.807) is 12.1 Å². The van der Waals surface area contributed by atoms with Gasteiger partial charge in [0.2, 0.25) is 0 Å². The summed E-state index contributed by atoms with van der Waals surface area (Å²) in [6.07, 6.45) is 0.748. The number of carbonyl (C=O) groups is 1. The smallest absolute Gasteiger partial charge is 0.336 e. The van der Waals surface area contributed by atoms with Crippen LogP contribution in [-0.2, 0) is 6.42 Å². The van der Waals surface area contributed by atoms with Gasteiger partial charge in [0.1, 0.15) is 11.9 Å². The van der Waals surface area contributed by atoms with Gasteiger partial charge in [-0.1, -0.05) is 78.4 Å². The summed E-state index contributed by atoms with van der Waals surface area (Å²) >= 11 is 0. The summed E-state index contributed by atoms with van der Waals surface area (Å²) in [5.74, 6) is -0.105. The summed E-state index contributed by atoms with van der Waals surface area (Å²) in [4.78, 5) is 11.6. The van der Waals surface area contributed by atoms with Gasteiger partial charge in [-0.3, -0.25) is 0 Å². The van der Waals surface area contributed by atoms with Crippen molar-refractivity contribution in [3.05, 3.63) is 113 Å². The Hall–Kier alpha value is -3.85. The molecule has 3 heteroatoms. The number of carboxylic acid groups (broad SMARTS) is 1. The number of hydrogen-bond donors (Lipinski definition) is 1. The quantitative estimate of drug-likeness (QED) is 0.410. The van der Waals surface area contributed by atoms with E-state index < -0.39 is 5.97 Å². The van der Waals surface area contributed by atoms with E-state index >= 15 is 0 Å². The van der Waals surface area contributed by atoms with Crippen LogP contribution in [0.5, 0.6) is 5.75 Å². The average molecular weight is 406 g/mol. The zero-order chi connectivity index (χ0) is 21.4. The molecule has 0 spiro atoms. The van der Waals surface area contributed by atoms with Crippen LogP contribution in [0.25, 0.3) is 22.3 Å². The number of ether oxygens (including phenoxy) is 1. The predicted octanol–water partition coefficient (Wildman–Crippen LogP) is 6.70. The second-order valence-corrected chi connectivity index (χ2v) is 7.98. The highest BCUT2D eigenvalue weighted by atomic mass is 16.5. The Kier molecular flexibility index (Phi) is 4.79. The maximum absolute atomic E-state index is 11.6. The van der Waals surface area contributed by atoms with Gasteiger partial charge in [-0.2, -0.15) is 0 Å². The first-order valence-electron chi connectivity index (χ1n) is 10.4. The second-order valence-electron chi connectivity index (χ2n) is 7.98. The van der Waals surface area contributed by atoms with Crippen molar-refractivity contribution in [1.29, 1.82) is 0 Å². The standard InChI is InChI=1S/C28H22O3/c1-18-6-4-7-19(14-18)20-8-5-9-22(15-20)27-17-23-13-12-21(16-26(23)31-27)24-10-2-3-11-25(24)28(29)30/h2-16,27H,17H2,1H3,(H,29,30). The molecule has 4 aromatic rings. The van der Waals surface area contributed by atoms with E-state index in [2.05, 4.69) is 55.5 Å². The van der Waals surface area contributed by atoms with Gasteiger partial charge in [0.25, 0.3) is 0 Å². The zero-order valence-electron chi connectivity index (χ0n) is 17.2. The van der Waals surface area contributed by atoms with Crippen molar-refractivity contribution in [2.24, 2.45) is 0 Å². The third kappa shape index (κ3) is 3.71. The van der Waals surface area contributed by atoms with Gasteiger partial charge >= 0.3 is 5.97 Å². The summed E-state index contributed by atoms with van der Waals surface area (Å²) in [7, 11) is 0. The maximum atomic E-state index is 11.6. The molecule has 1 atom stereocenters. The van der Waals surface area contributed by atoms with Crippen LogP contribution in [0.2, 0.25) is 0 Å². The van der Waals surface area contributed by atoms with E-state index in [1.807, 2.05) is 30.3 Å². The number of fused-ring (bicyclic) bond motifs is 1. The van der Waals surface area contributed by atoms with Crippen molar-refractivity contribution in [2.75, 3.05) is 0 Å². The molecule has 0 amide bonds. The minimum Gasteiger partial charge on any atom is -0.485 e. The first kappa shape index (κ1) is 19.1. The topological polar surface area (TPSA) is 46.5 Å². The number of rotatable bonds is 4. The predicted molar refractivity (Wildman–Crippen MR) is 123 cm³/mol. The van der Waals surface area contributed by atoms with Crippen LogP contribution < -0.4 is 4.74 Å². The van der Waals surface area contributed by atoms with E-state index in [4.69, 9.17) is 4.74 Å². The van der Waals surface area contributed by atoms with Crippen LogP contribution in [0.4, 0.5) is 0 Å². The number of aromatic carboxylic acids is 1. The van der Waals surface area contributed by atoms with Gasteiger partial charge in [0.05, 0.1) is 5.56 Å². The lowest BCUT2D eigenvalue weighted by atomic mass is 9.96. The number of aryl methyl sites for hydroxylation is 1. The molecule has 4 aromatic carbocycles. The van der Waals surface area contributed by atoms with E-state index in [-0.39, 0.29) is 6.10 Å². The summed E-state index contributed by atoms with van der Waals surface area (Å²) in [6.45, 7) is 2.10. The van der Waals surface area contributed by atoms with Crippen molar-refractivity contribution < 1.29 is 14.6 Å². The van der Waals surface area contributed by atoms with Crippen molar-refractivity contribution in [1.82, 2.24) is 0 Å². The van der Waals surface area contributed by atoms with Gasteiger partial charge in [-0.25, -0.2) is 4.79 Å². The van der Waals surface area contributed by atoms with E-state index in [9.17, 15) is 9.90 Å². The van der Waals surface area contributed by atoms with E-state index in [0.717, 1.165) is 28.9 Å². The minimum absolute atomic E-state index is 0.0512. The molecule has 0 fully saturated rings. The van der Waals surface area contributed by atoms with Gasteiger partial charge in [-0.15, -0.1) is 0 Å². The zero-order valence-corrected chi connectivity index (χ0v) is 17.2. The molecule has 1 unspecified atom stereocenters. The lowest BCUT2D eigenvalue weighted by molar-refractivity contribution is 0.0697. The number of carboxylic acids is 1. The van der Waals surface area contributed by atoms with Crippen LogP contribution in [-0.4, -0.2) is 11.1 Å². The Balaban J connectivity index is 1.44. The highest BCUT2D eigenvalue weighted by molar-refractivity contribution is 5.96. The van der Waals surface area contributed by atoms with Crippen molar-refractivity contribution in [2.45, 2.75) is 19.4 Å². The van der Waals surface area contributed by atoms with Gasteiger partial charge < -0.3 is 9.84 Å². The Bertz CT molecular complexity index is 1290. The molecule has 5 rings (SSSR count). The van der Waals surface area contributed by atoms with Crippen LogP contribution in [0.15, 0.2) is 91.0 Å².